The number of aromatic nitrogens is 5. The number of anilines is 2. The zero-order valence-electron chi connectivity index (χ0n) is 22.0. The van der Waals surface area contributed by atoms with Gasteiger partial charge in [0.25, 0.3) is 0 Å². The van der Waals surface area contributed by atoms with Gasteiger partial charge in [-0.15, -0.1) is 0 Å². The number of hydrogen-bond acceptors (Lipinski definition) is 10. The molecule has 0 aliphatic heterocycles. The van der Waals surface area contributed by atoms with Crippen molar-refractivity contribution in [3.8, 4) is 23.1 Å². The molecule has 41 heavy (non-hydrogen) atoms. The predicted octanol–water partition coefficient (Wildman–Crippen LogP) is 4.99. The molecule has 3 heterocycles. The van der Waals surface area contributed by atoms with Gasteiger partial charge in [0.15, 0.2) is 11.5 Å². The SMILES string of the molecule is COc1cc2nc(Nc3nc(OC(=O)C(F)(F)F)c4cc(OCCn5cccc5)ccc4n3)nc(C)c2cc1OC. The monoisotopic (exact) mass is 568 g/mol. The van der Waals surface area contributed by atoms with Crippen molar-refractivity contribution < 1.29 is 36.9 Å². The third-order valence-corrected chi connectivity index (χ3v) is 5.95. The largest absolute Gasteiger partial charge is 0.493 e. The van der Waals surface area contributed by atoms with Crippen LogP contribution in [0.15, 0.2) is 54.9 Å². The Morgan fingerprint density at radius 2 is 1.59 bits per heavy atom. The molecule has 0 bridgehead atoms. The average molecular weight is 569 g/mol. The van der Waals surface area contributed by atoms with Crippen LogP contribution in [0.25, 0.3) is 21.8 Å². The van der Waals surface area contributed by atoms with Gasteiger partial charge < -0.3 is 23.5 Å². The summed E-state index contributed by atoms with van der Waals surface area (Å²) in [4.78, 5) is 29.0. The summed E-state index contributed by atoms with van der Waals surface area (Å²) in [5.41, 5.74) is 1.27. The number of rotatable bonds is 9. The molecule has 1 N–H and O–H groups in total. The van der Waals surface area contributed by atoms with Gasteiger partial charge in [0, 0.05) is 23.8 Å². The number of nitrogens with zero attached hydrogens (tertiary/aromatic N) is 5. The van der Waals surface area contributed by atoms with Gasteiger partial charge in [-0.1, -0.05) is 0 Å². The number of hydrogen-bond donors (Lipinski definition) is 1. The fraction of sp³-hybridized carbons (Fsp3) is 0.222. The fourth-order valence-electron chi connectivity index (χ4n) is 4.00. The lowest BCUT2D eigenvalue weighted by atomic mass is 10.1. The molecular weight excluding hydrogens is 545 g/mol. The molecule has 5 rings (SSSR count). The van der Waals surface area contributed by atoms with Crippen LogP contribution in [0.5, 0.6) is 23.1 Å². The molecule has 5 aromatic rings. The third kappa shape index (κ3) is 6.05. The highest BCUT2D eigenvalue weighted by Gasteiger charge is 2.42. The number of aryl methyl sites for hydroxylation is 1. The number of ether oxygens (including phenoxy) is 4. The second-order valence-electron chi connectivity index (χ2n) is 8.67. The molecule has 14 heteroatoms. The smallest absolute Gasteiger partial charge is 0.491 e. The Morgan fingerprint density at radius 1 is 0.902 bits per heavy atom. The summed E-state index contributed by atoms with van der Waals surface area (Å²) in [7, 11) is 3.00. The maximum Gasteiger partial charge on any atom is 0.491 e. The van der Waals surface area contributed by atoms with E-state index in [4.69, 9.17) is 14.2 Å². The van der Waals surface area contributed by atoms with E-state index >= 15 is 0 Å². The molecule has 0 spiro atoms. The van der Waals surface area contributed by atoms with Crippen LogP contribution in [0.2, 0.25) is 0 Å². The molecule has 0 unspecified atom stereocenters. The Balaban J connectivity index is 1.49. The number of carbonyl (C=O) groups excluding carboxylic acids is 1. The van der Waals surface area contributed by atoms with Crippen LogP contribution in [0.3, 0.4) is 0 Å². The lowest BCUT2D eigenvalue weighted by Gasteiger charge is -2.13. The molecule has 0 aliphatic rings. The van der Waals surface area contributed by atoms with E-state index in [1.54, 1.807) is 25.1 Å². The van der Waals surface area contributed by atoms with Crippen LogP contribution in [-0.2, 0) is 11.3 Å². The molecule has 0 saturated carbocycles. The van der Waals surface area contributed by atoms with Crippen molar-refractivity contribution in [3.05, 3.63) is 60.6 Å². The van der Waals surface area contributed by atoms with Crippen LogP contribution in [0.4, 0.5) is 25.1 Å². The predicted molar refractivity (Wildman–Crippen MR) is 142 cm³/mol. The Hall–Kier alpha value is -5.14. The number of benzene rings is 2. The lowest BCUT2D eigenvalue weighted by molar-refractivity contribution is -0.189. The number of alkyl halides is 3. The Morgan fingerprint density at radius 3 is 2.29 bits per heavy atom. The second-order valence-corrected chi connectivity index (χ2v) is 8.67. The van der Waals surface area contributed by atoms with E-state index in [-0.39, 0.29) is 29.4 Å². The van der Waals surface area contributed by atoms with Gasteiger partial charge in [-0.3, -0.25) is 5.32 Å². The van der Waals surface area contributed by atoms with E-state index in [1.165, 1.54) is 26.4 Å². The van der Waals surface area contributed by atoms with Crippen molar-refractivity contribution in [3.63, 3.8) is 0 Å². The van der Waals surface area contributed by atoms with E-state index in [2.05, 4.69) is 30.0 Å². The summed E-state index contributed by atoms with van der Waals surface area (Å²) in [6.07, 6.45) is -1.50. The molecule has 2 aromatic carbocycles. The van der Waals surface area contributed by atoms with E-state index in [0.717, 1.165) is 0 Å². The Kier molecular flexibility index (Phi) is 7.46. The topological polar surface area (TPSA) is 123 Å². The first-order valence-electron chi connectivity index (χ1n) is 12.2. The normalized spacial score (nSPS) is 11.5. The van der Waals surface area contributed by atoms with Crippen molar-refractivity contribution >= 4 is 39.7 Å². The molecule has 212 valence electrons. The molecule has 0 fully saturated rings. The first kappa shape index (κ1) is 27.4. The van der Waals surface area contributed by atoms with Crippen molar-refractivity contribution in [2.24, 2.45) is 0 Å². The standard InChI is InChI=1S/C27H23F3N6O5/c1-15-17-13-21(38-2)22(39-3)14-20(17)33-25(31-15)35-26-32-19-7-6-16(40-11-10-36-8-4-5-9-36)12-18(19)23(34-26)41-24(37)27(28,29)30/h4-9,12-14H,10-11H2,1-3H3,(H,31,32,33,34,35). The molecule has 3 aromatic heterocycles. The molecule has 0 amide bonds. The summed E-state index contributed by atoms with van der Waals surface area (Å²) in [5, 5.41) is 3.52. The zero-order chi connectivity index (χ0) is 29.1. The summed E-state index contributed by atoms with van der Waals surface area (Å²) < 4.78 is 62.2. The minimum Gasteiger partial charge on any atom is -0.493 e. The second kappa shape index (κ2) is 11.2. The Bertz CT molecular complexity index is 1730. The highest BCUT2D eigenvalue weighted by atomic mass is 19.4. The first-order valence-corrected chi connectivity index (χ1v) is 12.2. The van der Waals surface area contributed by atoms with E-state index in [9.17, 15) is 18.0 Å². The summed E-state index contributed by atoms with van der Waals surface area (Å²) in [5.74, 6) is -1.91. The summed E-state index contributed by atoms with van der Waals surface area (Å²) in [6, 6.07) is 11.7. The van der Waals surface area contributed by atoms with E-state index in [0.29, 0.717) is 40.4 Å². The van der Waals surface area contributed by atoms with Crippen LogP contribution >= 0.6 is 0 Å². The van der Waals surface area contributed by atoms with E-state index < -0.39 is 18.0 Å². The van der Waals surface area contributed by atoms with Crippen LogP contribution in [0.1, 0.15) is 5.69 Å². The van der Waals surface area contributed by atoms with E-state index in [1.807, 2.05) is 29.1 Å². The highest BCUT2D eigenvalue weighted by molar-refractivity contribution is 5.90. The van der Waals surface area contributed by atoms with Crippen molar-refractivity contribution in [1.29, 1.82) is 0 Å². The maximum atomic E-state index is 13.1. The summed E-state index contributed by atoms with van der Waals surface area (Å²) in [6.45, 7) is 2.58. The lowest BCUT2D eigenvalue weighted by Crippen LogP contribution is -2.28. The third-order valence-electron chi connectivity index (χ3n) is 5.95. The molecule has 0 atom stereocenters. The van der Waals surface area contributed by atoms with Gasteiger partial charge in [-0.25, -0.2) is 19.7 Å². The zero-order valence-corrected chi connectivity index (χ0v) is 22.0. The van der Waals surface area contributed by atoms with Gasteiger partial charge in [0.05, 0.1) is 42.9 Å². The molecule has 11 nitrogen and oxygen atoms in total. The summed E-state index contributed by atoms with van der Waals surface area (Å²) >= 11 is 0. The minimum atomic E-state index is -5.24. The van der Waals surface area contributed by atoms with Gasteiger partial charge in [0.2, 0.25) is 17.8 Å². The van der Waals surface area contributed by atoms with Crippen LogP contribution in [-0.4, -0.2) is 57.5 Å². The number of fused-ring (bicyclic) bond motifs is 2. The van der Waals surface area contributed by atoms with Gasteiger partial charge >= 0.3 is 12.1 Å². The highest BCUT2D eigenvalue weighted by Crippen LogP contribution is 2.34. The van der Waals surface area contributed by atoms with Crippen molar-refractivity contribution in [2.45, 2.75) is 19.6 Å². The number of methoxy groups -OCH3 is 2. The fourth-order valence-corrected chi connectivity index (χ4v) is 4.00. The quantitative estimate of drug-likeness (QED) is 0.243. The van der Waals surface area contributed by atoms with Crippen molar-refractivity contribution in [2.75, 3.05) is 26.1 Å². The first-order chi connectivity index (χ1) is 19.6. The van der Waals surface area contributed by atoms with Gasteiger partial charge in [-0.05, 0) is 43.3 Å². The number of carbonyl (C=O) groups is 1. The molecule has 0 aliphatic carbocycles. The maximum absolute atomic E-state index is 13.1. The molecule has 0 radical (unpaired) electrons. The van der Waals surface area contributed by atoms with Crippen molar-refractivity contribution in [1.82, 2.24) is 24.5 Å². The molecule has 0 saturated heterocycles. The average Bonchev–Trinajstić information content (AvgIpc) is 3.45. The number of esters is 1. The number of nitrogens with one attached hydrogen (secondary N) is 1. The Labute approximate surface area is 230 Å². The molecular formula is C27H23F3N6O5. The minimum absolute atomic E-state index is 0.0408. The van der Waals surface area contributed by atoms with Gasteiger partial charge in [0.1, 0.15) is 12.4 Å². The van der Waals surface area contributed by atoms with Gasteiger partial charge in [-0.2, -0.15) is 18.2 Å². The van der Waals surface area contributed by atoms with Crippen LogP contribution in [0, 0.1) is 6.92 Å². The number of halogens is 3. The van der Waals surface area contributed by atoms with Crippen LogP contribution < -0.4 is 24.3 Å².